The van der Waals surface area contributed by atoms with Crippen LogP contribution in [0.15, 0.2) is 24.3 Å². The van der Waals surface area contributed by atoms with E-state index < -0.39 is 0 Å². The highest BCUT2D eigenvalue weighted by atomic mass is 16.2. The van der Waals surface area contributed by atoms with Crippen LogP contribution in [0, 0.1) is 17.2 Å². The van der Waals surface area contributed by atoms with Gasteiger partial charge in [0.05, 0.1) is 11.6 Å². The van der Waals surface area contributed by atoms with Crippen molar-refractivity contribution in [3.8, 4) is 6.07 Å². The van der Waals surface area contributed by atoms with E-state index in [4.69, 9.17) is 5.26 Å². The van der Waals surface area contributed by atoms with Crippen molar-refractivity contribution in [2.75, 3.05) is 13.1 Å². The lowest BCUT2D eigenvalue weighted by Gasteiger charge is -2.39. The normalized spacial score (nSPS) is 22.9. The molecule has 0 aromatic heterocycles. The van der Waals surface area contributed by atoms with Crippen LogP contribution in [0.2, 0.25) is 0 Å². The monoisotopic (exact) mass is 299 g/mol. The molecule has 0 saturated carbocycles. The molecule has 1 saturated heterocycles. The molecule has 1 aliphatic heterocycles. The molecule has 1 heterocycles. The third-order valence-corrected chi connectivity index (χ3v) is 4.71. The maximum absolute atomic E-state index is 11.6. The van der Waals surface area contributed by atoms with Crippen molar-refractivity contribution in [3.05, 3.63) is 35.4 Å². The average molecular weight is 299 g/mol. The Morgan fingerprint density at radius 2 is 2.14 bits per heavy atom. The minimum Gasteiger partial charge on any atom is -0.343 e. The lowest BCUT2D eigenvalue weighted by Crippen LogP contribution is -2.50. The number of nitrogens with zero attached hydrogens (tertiary/aromatic N) is 2. The summed E-state index contributed by atoms with van der Waals surface area (Å²) in [6.07, 6.45) is 2.07. The zero-order valence-corrected chi connectivity index (χ0v) is 13.7. The molecule has 2 rings (SSSR count). The smallest absolute Gasteiger partial charge is 0.219 e. The van der Waals surface area contributed by atoms with Gasteiger partial charge in [-0.2, -0.15) is 5.26 Å². The predicted molar refractivity (Wildman–Crippen MR) is 87.1 cm³/mol. The first-order valence-corrected chi connectivity index (χ1v) is 8.06. The minimum atomic E-state index is 0.178. The van der Waals surface area contributed by atoms with Crippen LogP contribution in [0.4, 0.5) is 0 Å². The molecule has 0 unspecified atom stereocenters. The average Bonchev–Trinajstić information content (AvgIpc) is 2.55. The molecule has 1 fully saturated rings. The molecule has 3 atom stereocenters. The van der Waals surface area contributed by atoms with Crippen LogP contribution in [-0.4, -0.2) is 29.9 Å². The third kappa shape index (κ3) is 3.86. The number of nitrogens with one attached hydrogen (secondary N) is 1. The van der Waals surface area contributed by atoms with Gasteiger partial charge in [0.1, 0.15) is 0 Å². The molecule has 0 radical (unpaired) electrons. The van der Waals surface area contributed by atoms with Crippen molar-refractivity contribution >= 4 is 5.91 Å². The van der Waals surface area contributed by atoms with E-state index in [0.717, 1.165) is 25.9 Å². The summed E-state index contributed by atoms with van der Waals surface area (Å²) in [6.45, 7) is 7.69. The first-order chi connectivity index (χ1) is 10.5. The van der Waals surface area contributed by atoms with Crippen LogP contribution >= 0.6 is 0 Å². The van der Waals surface area contributed by atoms with E-state index in [1.54, 1.807) is 6.92 Å². The molecule has 4 nitrogen and oxygen atoms in total. The Kier molecular flexibility index (Phi) is 5.57. The lowest BCUT2D eigenvalue weighted by atomic mass is 9.88. The molecule has 0 aliphatic carbocycles. The summed E-state index contributed by atoms with van der Waals surface area (Å²) in [6, 6.07) is 10.6. The third-order valence-electron chi connectivity index (χ3n) is 4.71. The van der Waals surface area contributed by atoms with E-state index >= 15 is 0 Å². The first kappa shape index (κ1) is 16.5. The number of likely N-dealkylation sites (tertiary alicyclic amines) is 1. The van der Waals surface area contributed by atoms with Crippen LogP contribution in [0.3, 0.4) is 0 Å². The van der Waals surface area contributed by atoms with Gasteiger partial charge in [0.15, 0.2) is 0 Å². The zero-order chi connectivity index (χ0) is 16.1. The van der Waals surface area contributed by atoms with E-state index in [-0.39, 0.29) is 11.9 Å². The van der Waals surface area contributed by atoms with Crippen LogP contribution < -0.4 is 5.32 Å². The molecule has 1 aromatic rings. The number of piperidine rings is 1. The number of hydrogen-bond donors (Lipinski definition) is 1. The topological polar surface area (TPSA) is 56.1 Å². The van der Waals surface area contributed by atoms with Gasteiger partial charge < -0.3 is 10.2 Å². The quantitative estimate of drug-likeness (QED) is 0.930. The van der Waals surface area contributed by atoms with Crippen LogP contribution in [0.5, 0.6) is 0 Å². The van der Waals surface area contributed by atoms with Crippen LogP contribution in [-0.2, 0) is 4.79 Å². The maximum Gasteiger partial charge on any atom is 0.219 e. The number of rotatable bonds is 4. The molecule has 1 amide bonds. The van der Waals surface area contributed by atoms with Crippen molar-refractivity contribution in [2.24, 2.45) is 5.92 Å². The summed E-state index contributed by atoms with van der Waals surface area (Å²) in [5, 5.41) is 12.6. The highest BCUT2D eigenvalue weighted by Gasteiger charge is 2.29. The van der Waals surface area contributed by atoms with Crippen molar-refractivity contribution in [2.45, 2.75) is 45.7 Å². The number of amides is 1. The molecule has 22 heavy (non-hydrogen) atoms. The molecule has 4 heteroatoms. The fourth-order valence-corrected chi connectivity index (χ4v) is 3.21. The van der Waals surface area contributed by atoms with E-state index in [1.165, 1.54) is 5.56 Å². The molecular weight excluding hydrogens is 274 g/mol. The van der Waals surface area contributed by atoms with Gasteiger partial charge in [0, 0.05) is 32.1 Å². The highest BCUT2D eigenvalue weighted by Crippen LogP contribution is 2.24. The van der Waals surface area contributed by atoms with E-state index in [0.29, 0.717) is 17.5 Å². The van der Waals surface area contributed by atoms with E-state index in [9.17, 15) is 4.79 Å². The van der Waals surface area contributed by atoms with Crippen LogP contribution in [0.1, 0.15) is 50.8 Å². The standard InChI is InChI=1S/C18H25N3O/c1-4-16-12-21(14(3)22)10-9-18(16)20-13(2)17-7-5-15(11-19)6-8-17/h5-8,13,16,18,20H,4,9-10,12H2,1-3H3/t13-,16-,18-/m1/s1. The zero-order valence-electron chi connectivity index (χ0n) is 13.7. The SMILES string of the molecule is CC[C@@H]1CN(C(C)=O)CC[C@H]1N[C@H](C)c1ccc(C#N)cc1. The second kappa shape index (κ2) is 7.42. The van der Waals surface area contributed by atoms with Gasteiger partial charge in [0.25, 0.3) is 0 Å². The number of benzene rings is 1. The van der Waals surface area contributed by atoms with Gasteiger partial charge in [-0.15, -0.1) is 0 Å². The van der Waals surface area contributed by atoms with Crippen LogP contribution in [0.25, 0.3) is 0 Å². The number of carbonyl (C=O) groups is 1. The fourth-order valence-electron chi connectivity index (χ4n) is 3.21. The lowest BCUT2D eigenvalue weighted by molar-refractivity contribution is -0.131. The Morgan fingerprint density at radius 3 is 2.68 bits per heavy atom. The molecule has 0 spiro atoms. The Bertz CT molecular complexity index is 546. The first-order valence-electron chi connectivity index (χ1n) is 8.06. The van der Waals surface area contributed by atoms with Crippen molar-refractivity contribution < 1.29 is 4.79 Å². The number of hydrogen-bond acceptors (Lipinski definition) is 3. The molecule has 1 aliphatic rings. The molecule has 1 aromatic carbocycles. The Labute approximate surface area is 133 Å². The summed E-state index contributed by atoms with van der Waals surface area (Å²) < 4.78 is 0. The summed E-state index contributed by atoms with van der Waals surface area (Å²) in [5.41, 5.74) is 1.89. The summed E-state index contributed by atoms with van der Waals surface area (Å²) >= 11 is 0. The van der Waals surface area contributed by atoms with Gasteiger partial charge in [-0.3, -0.25) is 4.79 Å². The summed E-state index contributed by atoms with van der Waals surface area (Å²) in [5.74, 6) is 0.676. The van der Waals surface area contributed by atoms with Gasteiger partial charge >= 0.3 is 0 Å². The Balaban J connectivity index is 1.99. The van der Waals surface area contributed by atoms with Gasteiger partial charge in [0.2, 0.25) is 5.91 Å². The molecular formula is C18H25N3O. The fraction of sp³-hybridized carbons (Fsp3) is 0.556. The van der Waals surface area contributed by atoms with E-state index in [1.807, 2.05) is 29.2 Å². The Morgan fingerprint density at radius 1 is 1.45 bits per heavy atom. The van der Waals surface area contributed by atoms with Gasteiger partial charge in [-0.25, -0.2) is 0 Å². The summed E-state index contributed by atoms with van der Waals surface area (Å²) in [4.78, 5) is 13.5. The van der Waals surface area contributed by atoms with Crippen molar-refractivity contribution in [3.63, 3.8) is 0 Å². The van der Waals surface area contributed by atoms with Gasteiger partial charge in [-0.05, 0) is 37.0 Å². The Hall–Kier alpha value is -1.86. The van der Waals surface area contributed by atoms with Crippen molar-refractivity contribution in [1.29, 1.82) is 5.26 Å². The highest BCUT2D eigenvalue weighted by molar-refractivity contribution is 5.73. The molecule has 1 N–H and O–H groups in total. The largest absolute Gasteiger partial charge is 0.343 e. The predicted octanol–water partition coefficient (Wildman–Crippen LogP) is 2.86. The minimum absolute atomic E-state index is 0.178. The van der Waals surface area contributed by atoms with Gasteiger partial charge in [-0.1, -0.05) is 25.5 Å². The number of nitriles is 1. The molecule has 0 bridgehead atoms. The second-order valence-corrected chi connectivity index (χ2v) is 6.15. The second-order valence-electron chi connectivity index (χ2n) is 6.15. The number of carbonyl (C=O) groups excluding carboxylic acids is 1. The summed E-state index contributed by atoms with van der Waals surface area (Å²) in [7, 11) is 0. The van der Waals surface area contributed by atoms with Crippen molar-refractivity contribution in [1.82, 2.24) is 10.2 Å². The maximum atomic E-state index is 11.6. The molecule has 118 valence electrons. The van der Waals surface area contributed by atoms with E-state index in [2.05, 4.69) is 25.2 Å².